The number of Topliss-reactive ketones (excluding diaryl/α,β-unsaturated/α-hetero) is 1. The van der Waals surface area contributed by atoms with Gasteiger partial charge in [-0.1, -0.05) is 72.8 Å². The van der Waals surface area contributed by atoms with Crippen molar-refractivity contribution in [3.05, 3.63) is 131 Å². The molecule has 4 aromatic rings. The second kappa shape index (κ2) is 12.7. The molecular formula is C32H33NO5S. The van der Waals surface area contributed by atoms with Crippen LogP contribution in [0.15, 0.2) is 109 Å². The van der Waals surface area contributed by atoms with Crippen LogP contribution in [0.1, 0.15) is 34.0 Å². The second-order valence-corrected chi connectivity index (χ2v) is 11.3. The molecule has 1 unspecified atom stereocenters. The smallest absolute Gasteiger partial charge is 0.306 e. The van der Waals surface area contributed by atoms with E-state index in [1.807, 2.05) is 67.6 Å². The van der Waals surface area contributed by atoms with Gasteiger partial charge >= 0.3 is 10.1 Å². The Hall–Kier alpha value is -3.94. The predicted octanol–water partition coefficient (Wildman–Crippen LogP) is 5.47. The molecule has 0 aliphatic rings. The molecule has 6 nitrogen and oxygen atoms in total. The van der Waals surface area contributed by atoms with Crippen LogP contribution in [0, 0.1) is 0 Å². The quantitative estimate of drug-likeness (QED) is 0.137. The Balaban J connectivity index is 1.39. The summed E-state index contributed by atoms with van der Waals surface area (Å²) in [6.07, 6.45) is 2.32. The van der Waals surface area contributed by atoms with Crippen LogP contribution in [0.3, 0.4) is 0 Å². The fourth-order valence-electron chi connectivity index (χ4n) is 4.41. The van der Waals surface area contributed by atoms with Gasteiger partial charge in [0.2, 0.25) is 0 Å². The van der Waals surface area contributed by atoms with E-state index in [0.29, 0.717) is 25.1 Å². The third-order valence-corrected chi connectivity index (χ3v) is 6.82. The molecule has 0 fully saturated rings. The van der Waals surface area contributed by atoms with Gasteiger partial charge in [-0.2, -0.15) is 8.42 Å². The van der Waals surface area contributed by atoms with Crippen LogP contribution in [0.2, 0.25) is 0 Å². The number of ketones is 1. The monoisotopic (exact) mass is 543 g/mol. The van der Waals surface area contributed by atoms with Gasteiger partial charge in [-0.25, -0.2) is 0 Å². The molecule has 39 heavy (non-hydrogen) atoms. The summed E-state index contributed by atoms with van der Waals surface area (Å²) < 4.78 is 33.7. The van der Waals surface area contributed by atoms with E-state index in [4.69, 9.17) is 8.92 Å². The van der Waals surface area contributed by atoms with Crippen molar-refractivity contribution in [2.24, 2.45) is 0 Å². The molecule has 0 saturated carbocycles. The lowest BCUT2D eigenvalue weighted by Gasteiger charge is -2.30. The Labute approximate surface area is 230 Å². The van der Waals surface area contributed by atoms with E-state index >= 15 is 0 Å². The summed E-state index contributed by atoms with van der Waals surface area (Å²) in [6, 6.07) is 34.3. The molecule has 4 rings (SSSR count). The normalized spacial score (nSPS) is 12.9. The summed E-state index contributed by atoms with van der Waals surface area (Å²) in [7, 11) is -3.65. The standard InChI is InChI=1S/C32H33NO5S/c1-32(24-27-11-7-4-8-12-27,31(34)28-15-19-30(20-16-28)38-39(2,35)36)33-21-22-37-29-17-13-26(14-18-29)23-25-9-5-3-6-10-25/h3-20,33H,21-24H2,1-2H3. The van der Waals surface area contributed by atoms with Crippen LogP contribution in [0.25, 0.3) is 0 Å². The third kappa shape index (κ3) is 8.53. The summed E-state index contributed by atoms with van der Waals surface area (Å²) in [4.78, 5) is 13.7. The molecule has 1 N–H and O–H groups in total. The first-order chi connectivity index (χ1) is 18.7. The highest BCUT2D eigenvalue weighted by atomic mass is 32.2. The van der Waals surface area contributed by atoms with Crippen LogP contribution >= 0.6 is 0 Å². The first-order valence-electron chi connectivity index (χ1n) is 12.8. The highest BCUT2D eigenvalue weighted by Crippen LogP contribution is 2.22. The van der Waals surface area contributed by atoms with E-state index in [9.17, 15) is 13.2 Å². The fraction of sp³-hybridized carbons (Fsp3) is 0.219. The third-order valence-electron chi connectivity index (χ3n) is 6.33. The van der Waals surface area contributed by atoms with E-state index in [-0.39, 0.29) is 11.5 Å². The number of nitrogens with one attached hydrogen (secondary N) is 1. The van der Waals surface area contributed by atoms with Crippen molar-refractivity contribution in [2.45, 2.75) is 25.3 Å². The topological polar surface area (TPSA) is 81.7 Å². The summed E-state index contributed by atoms with van der Waals surface area (Å²) in [5.41, 5.74) is 3.03. The van der Waals surface area contributed by atoms with Crippen LogP contribution < -0.4 is 14.2 Å². The second-order valence-electron chi connectivity index (χ2n) is 9.72. The lowest BCUT2D eigenvalue weighted by atomic mass is 9.85. The largest absolute Gasteiger partial charge is 0.492 e. The highest BCUT2D eigenvalue weighted by Gasteiger charge is 2.33. The molecule has 202 valence electrons. The van der Waals surface area contributed by atoms with Gasteiger partial charge in [-0.3, -0.25) is 4.79 Å². The van der Waals surface area contributed by atoms with E-state index < -0.39 is 15.7 Å². The Bertz CT molecular complexity index is 1460. The van der Waals surface area contributed by atoms with Gasteiger partial charge in [0.05, 0.1) is 11.8 Å². The van der Waals surface area contributed by atoms with Crippen molar-refractivity contribution >= 4 is 15.9 Å². The molecule has 1 atom stereocenters. The summed E-state index contributed by atoms with van der Waals surface area (Å²) in [5.74, 6) is 0.823. The van der Waals surface area contributed by atoms with Crippen molar-refractivity contribution in [2.75, 3.05) is 19.4 Å². The van der Waals surface area contributed by atoms with Gasteiger partial charge in [0.1, 0.15) is 18.1 Å². The van der Waals surface area contributed by atoms with Crippen molar-refractivity contribution in [1.82, 2.24) is 5.32 Å². The fourth-order valence-corrected chi connectivity index (χ4v) is 4.87. The maximum absolute atomic E-state index is 13.7. The van der Waals surface area contributed by atoms with Crippen LogP contribution in [-0.4, -0.2) is 39.1 Å². The molecule has 0 aliphatic heterocycles. The number of hydrogen-bond donors (Lipinski definition) is 1. The molecule has 0 amide bonds. The van der Waals surface area contributed by atoms with Gasteiger partial charge in [-0.05, 0) is 72.9 Å². The minimum atomic E-state index is -3.65. The molecule has 0 saturated heterocycles. The van der Waals surface area contributed by atoms with E-state index in [2.05, 4.69) is 29.6 Å². The number of ether oxygens (including phenoxy) is 1. The summed E-state index contributed by atoms with van der Waals surface area (Å²) in [6.45, 7) is 2.72. The van der Waals surface area contributed by atoms with Gasteiger partial charge in [0.25, 0.3) is 0 Å². The Morgan fingerprint density at radius 2 is 1.28 bits per heavy atom. The average molecular weight is 544 g/mol. The SMILES string of the molecule is CC(Cc1ccccc1)(NCCOc1ccc(Cc2ccccc2)cc1)C(=O)c1ccc(OS(C)(=O)=O)cc1. The van der Waals surface area contributed by atoms with Crippen molar-refractivity contribution in [1.29, 1.82) is 0 Å². The molecule has 0 aromatic heterocycles. The zero-order chi connectivity index (χ0) is 27.7. The minimum absolute atomic E-state index is 0.109. The number of carbonyl (C=O) groups is 1. The maximum atomic E-state index is 13.7. The number of benzene rings is 4. The average Bonchev–Trinajstić information content (AvgIpc) is 2.92. The zero-order valence-electron chi connectivity index (χ0n) is 22.2. The molecule has 4 aromatic carbocycles. The molecule has 7 heteroatoms. The Morgan fingerprint density at radius 3 is 1.87 bits per heavy atom. The predicted molar refractivity (Wildman–Crippen MR) is 154 cm³/mol. The molecule has 0 bridgehead atoms. The van der Waals surface area contributed by atoms with Crippen molar-refractivity contribution in [3.8, 4) is 11.5 Å². The van der Waals surface area contributed by atoms with E-state index in [0.717, 1.165) is 24.0 Å². The van der Waals surface area contributed by atoms with Crippen LogP contribution in [0.4, 0.5) is 0 Å². The molecular weight excluding hydrogens is 510 g/mol. The van der Waals surface area contributed by atoms with Gasteiger partial charge in [0, 0.05) is 12.1 Å². The van der Waals surface area contributed by atoms with Crippen LogP contribution in [0.5, 0.6) is 11.5 Å². The molecule has 0 aliphatic carbocycles. The summed E-state index contributed by atoms with van der Waals surface area (Å²) in [5, 5.41) is 3.41. The zero-order valence-corrected chi connectivity index (χ0v) is 23.0. The number of rotatable bonds is 13. The first-order valence-corrected chi connectivity index (χ1v) is 14.6. The van der Waals surface area contributed by atoms with Gasteiger partial charge in [-0.15, -0.1) is 0 Å². The lowest BCUT2D eigenvalue weighted by molar-refractivity contribution is 0.0861. The molecule has 0 radical (unpaired) electrons. The van der Waals surface area contributed by atoms with E-state index in [1.54, 1.807) is 12.1 Å². The summed E-state index contributed by atoms with van der Waals surface area (Å²) >= 11 is 0. The Kier molecular flexibility index (Phi) is 9.17. The van der Waals surface area contributed by atoms with Crippen molar-refractivity contribution < 1.29 is 22.1 Å². The first kappa shape index (κ1) is 28.1. The molecule has 0 spiro atoms. The van der Waals surface area contributed by atoms with E-state index in [1.165, 1.54) is 23.3 Å². The lowest BCUT2D eigenvalue weighted by Crippen LogP contribution is -2.52. The van der Waals surface area contributed by atoms with Crippen LogP contribution in [-0.2, 0) is 23.0 Å². The maximum Gasteiger partial charge on any atom is 0.306 e. The highest BCUT2D eigenvalue weighted by molar-refractivity contribution is 7.86. The number of hydrogen-bond acceptors (Lipinski definition) is 6. The Morgan fingerprint density at radius 1 is 0.744 bits per heavy atom. The molecule has 0 heterocycles. The minimum Gasteiger partial charge on any atom is -0.492 e. The van der Waals surface area contributed by atoms with Gasteiger partial charge < -0.3 is 14.2 Å². The van der Waals surface area contributed by atoms with Crippen molar-refractivity contribution in [3.63, 3.8) is 0 Å². The van der Waals surface area contributed by atoms with Gasteiger partial charge in [0.15, 0.2) is 5.78 Å². The number of carbonyl (C=O) groups excluding carboxylic acids is 1.